The lowest BCUT2D eigenvalue weighted by Crippen LogP contribution is -2.53. The van der Waals surface area contributed by atoms with Crippen LogP contribution < -0.4 is 0 Å². The average Bonchev–Trinajstić information content (AvgIpc) is 2.25. The van der Waals surface area contributed by atoms with Gasteiger partial charge in [-0.05, 0) is 38.5 Å². The zero-order chi connectivity index (χ0) is 15.8. The summed E-state index contributed by atoms with van der Waals surface area (Å²) in [5, 5.41) is 0. The molecule has 0 spiro atoms. The number of likely N-dealkylation sites (tertiary alicyclic amines) is 1. The third-order valence-corrected chi connectivity index (χ3v) is 3.71. The van der Waals surface area contributed by atoms with Crippen molar-refractivity contribution >= 4 is 15.9 Å². The normalized spacial score (nSPS) is 17.9. The van der Waals surface area contributed by atoms with Crippen LogP contribution in [-0.4, -0.2) is 29.7 Å². The predicted octanol–water partition coefficient (Wildman–Crippen LogP) is 4.47. The molecule has 1 aliphatic heterocycles. The molecule has 1 fully saturated rings. The minimum absolute atomic E-state index is 0.106. The maximum Gasteiger partial charge on any atom is 0.416 e. The summed E-state index contributed by atoms with van der Waals surface area (Å²) in [5.41, 5.74) is -0.483. The second-order valence-electron chi connectivity index (χ2n) is 6.35. The zero-order valence-corrected chi connectivity index (χ0v) is 13.9. The molecule has 0 radical (unpaired) electrons. The van der Waals surface area contributed by atoms with Crippen molar-refractivity contribution in [2.45, 2.75) is 45.2 Å². The minimum Gasteiger partial charge on any atom is -0.370 e. The van der Waals surface area contributed by atoms with Crippen LogP contribution in [0.5, 0.6) is 0 Å². The van der Waals surface area contributed by atoms with Crippen LogP contribution in [0.4, 0.5) is 13.2 Å². The van der Waals surface area contributed by atoms with Gasteiger partial charge in [0.25, 0.3) is 0 Å². The second-order valence-corrected chi connectivity index (χ2v) is 7.26. The Balaban J connectivity index is 1.99. The van der Waals surface area contributed by atoms with E-state index in [0.717, 1.165) is 6.07 Å². The van der Waals surface area contributed by atoms with Crippen molar-refractivity contribution < 1.29 is 17.9 Å². The monoisotopic (exact) mass is 365 g/mol. The molecule has 21 heavy (non-hydrogen) atoms. The molecule has 1 aromatic carbocycles. The van der Waals surface area contributed by atoms with Crippen molar-refractivity contribution in [2.75, 3.05) is 13.1 Å². The third-order valence-electron chi connectivity index (χ3n) is 3.22. The lowest BCUT2D eigenvalue weighted by Gasteiger charge is -2.42. The van der Waals surface area contributed by atoms with E-state index in [1.54, 1.807) is 6.07 Å². The highest BCUT2D eigenvalue weighted by atomic mass is 79.9. The van der Waals surface area contributed by atoms with Crippen molar-refractivity contribution in [3.8, 4) is 0 Å². The molecule has 0 aromatic heterocycles. The SMILES string of the molecule is CC(C)(C)OC1CN(Cc2ccc(Br)cc2C(F)(F)F)C1. The number of hydrogen-bond acceptors (Lipinski definition) is 2. The van der Waals surface area contributed by atoms with Crippen LogP contribution in [0.15, 0.2) is 22.7 Å². The van der Waals surface area contributed by atoms with Crippen molar-refractivity contribution in [1.82, 2.24) is 4.90 Å². The van der Waals surface area contributed by atoms with Crippen molar-refractivity contribution in [1.29, 1.82) is 0 Å². The molecule has 6 heteroatoms. The number of rotatable bonds is 3. The first-order valence-corrected chi connectivity index (χ1v) is 7.60. The largest absolute Gasteiger partial charge is 0.416 e. The minimum atomic E-state index is -4.33. The van der Waals surface area contributed by atoms with Gasteiger partial charge in [0.05, 0.1) is 17.3 Å². The van der Waals surface area contributed by atoms with Gasteiger partial charge in [-0.1, -0.05) is 22.0 Å². The summed E-state index contributed by atoms with van der Waals surface area (Å²) in [6.45, 7) is 7.58. The first-order valence-electron chi connectivity index (χ1n) is 6.80. The molecule has 1 saturated heterocycles. The summed E-state index contributed by atoms with van der Waals surface area (Å²) < 4.78 is 45.3. The molecule has 0 amide bonds. The standard InChI is InChI=1S/C15H19BrF3NO/c1-14(2,3)21-12-8-20(9-12)7-10-4-5-11(16)6-13(10)15(17,18)19/h4-6,12H,7-9H2,1-3H3. The maximum atomic E-state index is 13.0. The lowest BCUT2D eigenvalue weighted by molar-refractivity contribution is -0.140. The Morgan fingerprint density at radius 1 is 1.24 bits per heavy atom. The molecular formula is C15H19BrF3NO. The Bertz CT molecular complexity index is 505. The van der Waals surface area contributed by atoms with Gasteiger partial charge in [0.2, 0.25) is 0 Å². The van der Waals surface area contributed by atoms with Crippen molar-refractivity contribution in [3.05, 3.63) is 33.8 Å². The number of nitrogens with zero attached hydrogens (tertiary/aromatic N) is 1. The molecule has 0 unspecified atom stereocenters. The Hall–Kier alpha value is -0.590. The summed E-state index contributed by atoms with van der Waals surface area (Å²) >= 11 is 3.10. The fraction of sp³-hybridized carbons (Fsp3) is 0.600. The smallest absolute Gasteiger partial charge is 0.370 e. The van der Waals surface area contributed by atoms with Crippen LogP contribution in [0.1, 0.15) is 31.9 Å². The van der Waals surface area contributed by atoms with E-state index in [1.165, 1.54) is 6.07 Å². The Morgan fingerprint density at radius 2 is 1.86 bits per heavy atom. The average molecular weight is 366 g/mol. The third kappa shape index (κ3) is 4.69. The van der Waals surface area contributed by atoms with Crippen LogP contribution in [0, 0.1) is 0 Å². The number of alkyl halides is 3. The van der Waals surface area contributed by atoms with Crippen LogP contribution in [0.25, 0.3) is 0 Å². The topological polar surface area (TPSA) is 12.5 Å². The van der Waals surface area contributed by atoms with Gasteiger partial charge in [0.1, 0.15) is 0 Å². The molecular weight excluding hydrogens is 347 g/mol. The molecule has 2 nitrogen and oxygen atoms in total. The molecule has 0 bridgehead atoms. The van der Waals surface area contributed by atoms with E-state index in [2.05, 4.69) is 15.9 Å². The van der Waals surface area contributed by atoms with Gasteiger partial charge >= 0.3 is 6.18 Å². The molecule has 0 N–H and O–H groups in total. The van der Waals surface area contributed by atoms with Gasteiger partial charge < -0.3 is 4.74 Å². The summed E-state index contributed by atoms with van der Waals surface area (Å²) in [6, 6.07) is 4.32. The quantitative estimate of drug-likeness (QED) is 0.783. The van der Waals surface area contributed by atoms with E-state index in [1.807, 2.05) is 25.7 Å². The molecule has 1 heterocycles. The number of ether oxygens (including phenoxy) is 1. The van der Waals surface area contributed by atoms with Gasteiger partial charge in [-0.15, -0.1) is 0 Å². The van der Waals surface area contributed by atoms with E-state index in [9.17, 15) is 13.2 Å². The summed E-state index contributed by atoms with van der Waals surface area (Å²) in [7, 11) is 0. The molecule has 0 aliphatic carbocycles. The van der Waals surface area contributed by atoms with E-state index in [0.29, 0.717) is 29.7 Å². The van der Waals surface area contributed by atoms with E-state index < -0.39 is 11.7 Å². The Morgan fingerprint density at radius 3 is 2.38 bits per heavy atom. The van der Waals surface area contributed by atoms with Crippen molar-refractivity contribution in [3.63, 3.8) is 0 Å². The number of benzene rings is 1. The van der Waals surface area contributed by atoms with Crippen LogP contribution >= 0.6 is 15.9 Å². The summed E-state index contributed by atoms with van der Waals surface area (Å²) in [6.07, 6.45) is -4.22. The summed E-state index contributed by atoms with van der Waals surface area (Å²) in [4.78, 5) is 1.97. The van der Waals surface area contributed by atoms with Gasteiger partial charge in [-0.2, -0.15) is 13.2 Å². The van der Waals surface area contributed by atoms with E-state index >= 15 is 0 Å². The molecule has 118 valence electrons. The molecule has 1 aromatic rings. The fourth-order valence-electron chi connectivity index (χ4n) is 2.42. The van der Waals surface area contributed by atoms with E-state index in [4.69, 9.17) is 4.74 Å². The first kappa shape index (κ1) is 16.8. The Labute approximate surface area is 131 Å². The highest BCUT2D eigenvalue weighted by molar-refractivity contribution is 9.10. The van der Waals surface area contributed by atoms with Crippen molar-refractivity contribution in [2.24, 2.45) is 0 Å². The first-order chi connectivity index (χ1) is 9.54. The maximum absolute atomic E-state index is 13.0. The van der Waals surface area contributed by atoms with Gasteiger partial charge in [-0.25, -0.2) is 0 Å². The highest BCUT2D eigenvalue weighted by Crippen LogP contribution is 2.35. The molecule has 2 rings (SSSR count). The Kier molecular flexibility index (Phi) is 4.71. The van der Waals surface area contributed by atoms with Crippen LogP contribution in [0.2, 0.25) is 0 Å². The highest BCUT2D eigenvalue weighted by Gasteiger charge is 2.36. The zero-order valence-electron chi connectivity index (χ0n) is 12.3. The van der Waals surface area contributed by atoms with Gasteiger partial charge in [-0.3, -0.25) is 4.90 Å². The van der Waals surface area contributed by atoms with Crippen LogP contribution in [0.3, 0.4) is 0 Å². The fourth-order valence-corrected chi connectivity index (χ4v) is 2.78. The second kappa shape index (κ2) is 5.89. The van der Waals surface area contributed by atoms with Crippen LogP contribution in [-0.2, 0) is 17.5 Å². The van der Waals surface area contributed by atoms with Gasteiger partial charge in [0, 0.05) is 24.1 Å². The molecule has 1 aliphatic rings. The summed E-state index contributed by atoms with van der Waals surface area (Å²) in [5.74, 6) is 0. The van der Waals surface area contributed by atoms with E-state index in [-0.39, 0.29) is 11.7 Å². The lowest BCUT2D eigenvalue weighted by atomic mass is 10.0. The molecule has 0 saturated carbocycles. The number of halogens is 4. The number of hydrogen-bond donors (Lipinski definition) is 0. The predicted molar refractivity (Wildman–Crippen MR) is 79.0 cm³/mol. The van der Waals surface area contributed by atoms with Gasteiger partial charge in [0.15, 0.2) is 0 Å². The molecule has 0 atom stereocenters.